The molecule has 1 aliphatic rings. The Balaban J connectivity index is 2.00. The van der Waals surface area contributed by atoms with Gasteiger partial charge in [0.15, 0.2) is 0 Å². The lowest BCUT2D eigenvalue weighted by atomic mass is 9.94. The maximum absolute atomic E-state index is 12.7. The van der Waals surface area contributed by atoms with Crippen LogP contribution in [0.25, 0.3) is 0 Å². The van der Waals surface area contributed by atoms with Crippen molar-refractivity contribution in [1.82, 2.24) is 10.2 Å². The summed E-state index contributed by atoms with van der Waals surface area (Å²) in [5.41, 5.74) is 6.31. The number of likely N-dealkylation sites (tertiary alicyclic amines) is 1. The van der Waals surface area contributed by atoms with Gasteiger partial charge in [-0.2, -0.15) is 0 Å². The van der Waals surface area contributed by atoms with E-state index in [1.807, 2.05) is 25.1 Å². The molecule has 1 saturated heterocycles. The molecule has 5 nitrogen and oxygen atoms in total. The number of nitrogens with two attached hydrogens (primary N) is 1. The molecule has 0 radical (unpaired) electrons. The molecule has 1 aromatic rings. The summed E-state index contributed by atoms with van der Waals surface area (Å²) in [6.45, 7) is 3.95. The van der Waals surface area contributed by atoms with E-state index in [-0.39, 0.29) is 23.7 Å². The molecular formula is C17H24ClN3O2. The predicted octanol–water partition coefficient (Wildman–Crippen LogP) is 1.76. The highest BCUT2D eigenvalue weighted by molar-refractivity contribution is 6.30. The van der Waals surface area contributed by atoms with E-state index >= 15 is 0 Å². The lowest BCUT2D eigenvalue weighted by molar-refractivity contribution is -0.136. The second-order valence-corrected chi connectivity index (χ2v) is 6.42. The lowest BCUT2D eigenvalue weighted by Crippen LogP contribution is -2.47. The van der Waals surface area contributed by atoms with Crippen LogP contribution in [-0.4, -0.2) is 42.9 Å². The summed E-state index contributed by atoms with van der Waals surface area (Å²) in [4.78, 5) is 26.6. The fourth-order valence-electron chi connectivity index (χ4n) is 2.92. The number of halogens is 1. The molecule has 23 heavy (non-hydrogen) atoms. The van der Waals surface area contributed by atoms with Crippen LogP contribution in [0, 0.1) is 5.92 Å². The van der Waals surface area contributed by atoms with Gasteiger partial charge < -0.3 is 16.0 Å². The van der Waals surface area contributed by atoms with E-state index in [9.17, 15) is 9.59 Å². The van der Waals surface area contributed by atoms with Gasteiger partial charge in [-0.15, -0.1) is 0 Å². The SMILES string of the molecule is CC(C(=O)N1CCCC(C(=O)NCCN)C1)c1cccc(Cl)c1. The molecule has 2 unspecified atom stereocenters. The fraction of sp³-hybridized carbons (Fsp3) is 0.529. The summed E-state index contributed by atoms with van der Waals surface area (Å²) < 4.78 is 0. The van der Waals surface area contributed by atoms with E-state index in [1.165, 1.54) is 0 Å². The van der Waals surface area contributed by atoms with Crippen LogP contribution < -0.4 is 11.1 Å². The van der Waals surface area contributed by atoms with Gasteiger partial charge in [0, 0.05) is 31.2 Å². The normalized spacial score (nSPS) is 19.3. The smallest absolute Gasteiger partial charge is 0.229 e. The molecule has 6 heteroatoms. The molecule has 1 heterocycles. The average Bonchev–Trinajstić information content (AvgIpc) is 2.58. The van der Waals surface area contributed by atoms with Crippen molar-refractivity contribution in [2.75, 3.05) is 26.2 Å². The number of nitrogens with zero attached hydrogens (tertiary/aromatic N) is 1. The van der Waals surface area contributed by atoms with Crippen molar-refractivity contribution in [3.8, 4) is 0 Å². The van der Waals surface area contributed by atoms with Crippen LogP contribution in [-0.2, 0) is 9.59 Å². The van der Waals surface area contributed by atoms with Gasteiger partial charge in [-0.1, -0.05) is 23.7 Å². The van der Waals surface area contributed by atoms with Crippen LogP contribution in [0.4, 0.5) is 0 Å². The number of nitrogens with one attached hydrogen (secondary N) is 1. The van der Waals surface area contributed by atoms with E-state index in [4.69, 9.17) is 17.3 Å². The molecule has 1 fully saturated rings. The molecule has 3 N–H and O–H groups in total. The van der Waals surface area contributed by atoms with Crippen molar-refractivity contribution in [3.05, 3.63) is 34.9 Å². The predicted molar refractivity (Wildman–Crippen MR) is 91.2 cm³/mol. The molecule has 126 valence electrons. The highest BCUT2D eigenvalue weighted by Crippen LogP contribution is 2.24. The first-order chi connectivity index (χ1) is 11.0. The largest absolute Gasteiger partial charge is 0.355 e. The lowest BCUT2D eigenvalue weighted by Gasteiger charge is -2.33. The molecule has 2 atom stereocenters. The van der Waals surface area contributed by atoms with E-state index in [2.05, 4.69) is 5.32 Å². The first-order valence-electron chi connectivity index (χ1n) is 8.05. The first-order valence-corrected chi connectivity index (χ1v) is 8.42. The molecule has 0 bridgehead atoms. The Morgan fingerprint density at radius 3 is 2.96 bits per heavy atom. The minimum atomic E-state index is -0.264. The Bertz CT molecular complexity index is 565. The summed E-state index contributed by atoms with van der Waals surface area (Å²) in [5.74, 6) is -0.377. The molecule has 2 rings (SSSR count). The van der Waals surface area contributed by atoms with Crippen molar-refractivity contribution in [1.29, 1.82) is 0 Å². The fourth-order valence-corrected chi connectivity index (χ4v) is 3.12. The van der Waals surface area contributed by atoms with Gasteiger partial charge in [0.25, 0.3) is 0 Å². The quantitative estimate of drug-likeness (QED) is 0.859. The van der Waals surface area contributed by atoms with Gasteiger partial charge in [0.2, 0.25) is 11.8 Å². The molecule has 0 aliphatic carbocycles. The molecule has 0 spiro atoms. The van der Waals surface area contributed by atoms with Crippen LogP contribution in [0.5, 0.6) is 0 Å². The van der Waals surface area contributed by atoms with Crippen LogP contribution >= 0.6 is 11.6 Å². The standard InChI is InChI=1S/C17H24ClN3O2/c1-12(13-4-2-6-15(18)10-13)17(23)21-9-3-5-14(11-21)16(22)20-8-7-19/h2,4,6,10,12,14H,3,5,7-9,11,19H2,1H3,(H,20,22). The van der Waals surface area contributed by atoms with E-state index in [1.54, 1.807) is 11.0 Å². The first kappa shape index (κ1) is 17.8. The number of carbonyl (C=O) groups is 2. The van der Waals surface area contributed by atoms with Crippen molar-refractivity contribution in [2.45, 2.75) is 25.7 Å². The van der Waals surface area contributed by atoms with Gasteiger partial charge in [-0.3, -0.25) is 9.59 Å². The summed E-state index contributed by atoms with van der Waals surface area (Å²) in [5, 5.41) is 3.44. The number of piperidine rings is 1. The zero-order valence-corrected chi connectivity index (χ0v) is 14.2. The minimum Gasteiger partial charge on any atom is -0.355 e. The van der Waals surface area contributed by atoms with Gasteiger partial charge in [-0.25, -0.2) is 0 Å². The van der Waals surface area contributed by atoms with Crippen molar-refractivity contribution >= 4 is 23.4 Å². The number of benzene rings is 1. The Kier molecular flexibility index (Phi) is 6.42. The number of amides is 2. The summed E-state index contributed by atoms with van der Waals surface area (Å²) in [6, 6.07) is 7.37. The van der Waals surface area contributed by atoms with Crippen molar-refractivity contribution < 1.29 is 9.59 Å². The monoisotopic (exact) mass is 337 g/mol. The highest BCUT2D eigenvalue weighted by atomic mass is 35.5. The zero-order chi connectivity index (χ0) is 16.8. The van der Waals surface area contributed by atoms with Gasteiger partial charge in [-0.05, 0) is 37.5 Å². The molecular weight excluding hydrogens is 314 g/mol. The number of carbonyl (C=O) groups excluding carboxylic acids is 2. The Hall–Kier alpha value is -1.59. The van der Waals surface area contributed by atoms with Crippen LogP contribution in [0.15, 0.2) is 24.3 Å². The van der Waals surface area contributed by atoms with Crippen molar-refractivity contribution in [2.24, 2.45) is 11.7 Å². The van der Waals surface area contributed by atoms with Gasteiger partial charge >= 0.3 is 0 Å². The zero-order valence-electron chi connectivity index (χ0n) is 13.4. The minimum absolute atomic E-state index is 0.0108. The number of hydrogen-bond acceptors (Lipinski definition) is 3. The molecule has 0 aromatic heterocycles. The highest BCUT2D eigenvalue weighted by Gasteiger charge is 2.30. The van der Waals surface area contributed by atoms with E-state index in [0.29, 0.717) is 31.2 Å². The van der Waals surface area contributed by atoms with Crippen LogP contribution in [0.1, 0.15) is 31.2 Å². The summed E-state index contributed by atoms with van der Waals surface area (Å²) in [6.07, 6.45) is 1.65. The van der Waals surface area contributed by atoms with Gasteiger partial charge in [0.1, 0.15) is 0 Å². The molecule has 1 aromatic carbocycles. The van der Waals surface area contributed by atoms with E-state index < -0.39 is 0 Å². The topological polar surface area (TPSA) is 75.4 Å². The summed E-state index contributed by atoms with van der Waals surface area (Å²) >= 11 is 6.00. The molecule has 0 saturated carbocycles. The Morgan fingerprint density at radius 1 is 1.48 bits per heavy atom. The molecule has 2 amide bonds. The average molecular weight is 338 g/mol. The Labute approximate surface area is 142 Å². The van der Waals surface area contributed by atoms with Crippen LogP contribution in [0.2, 0.25) is 5.02 Å². The third-order valence-corrected chi connectivity index (χ3v) is 4.50. The molecule has 1 aliphatic heterocycles. The Morgan fingerprint density at radius 2 is 2.26 bits per heavy atom. The summed E-state index contributed by atoms with van der Waals surface area (Å²) in [7, 11) is 0. The van der Waals surface area contributed by atoms with Crippen molar-refractivity contribution in [3.63, 3.8) is 0 Å². The maximum atomic E-state index is 12.7. The van der Waals surface area contributed by atoms with Crippen LogP contribution in [0.3, 0.4) is 0 Å². The number of hydrogen-bond donors (Lipinski definition) is 2. The third-order valence-electron chi connectivity index (χ3n) is 4.27. The second kappa shape index (κ2) is 8.31. The third kappa shape index (κ3) is 4.69. The van der Waals surface area contributed by atoms with E-state index in [0.717, 1.165) is 18.4 Å². The van der Waals surface area contributed by atoms with Gasteiger partial charge in [0.05, 0.1) is 11.8 Å². The second-order valence-electron chi connectivity index (χ2n) is 5.98. The maximum Gasteiger partial charge on any atom is 0.229 e. The number of rotatable bonds is 5.